The van der Waals surface area contributed by atoms with Crippen LogP contribution in [-0.4, -0.2) is 66.7 Å². The molecule has 2 aliphatic heterocycles. The monoisotopic (exact) mass is 407 g/mol. The number of imide groups is 1. The first kappa shape index (κ1) is 20.3. The number of amides is 4. The smallest absolute Gasteiger partial charge is 0.325 e. The standard InChI is InChI=1S/C19H25N3O5S/c1-3-10-21(15-9-11-28(26,27)13-15)16(23)12-22-17(24)19(2,20-18(22)25)14-7-5-4-6-8-14/h4-8,15H,3,9-13H2,1-2H3,(H,20,25). The molecule has 0 saturated carbocycles. The first-order chi connectivity index (χ1) is 13.2. The molecule has 1 aromatic rings. The molecule has 9 heteroatoms. The summed E-state index contributed by atoms with van der Waals surface area (Å²) in [5.74, 6) is -0.918. The molecule has 0 bridgehead atoms. The van der Waals surface area contributed by atoms with Crippen LogP contribution < -0.4 is 5.32 Å². The van der Waals surface area contributed by atoms with Crippen molar-refractivity contribution >= 4 is 27.7 Å². The minimum absolute atomic E-state index is 0.0559. The van der Waals surface area contributed by atoms with Crippen molar-refractivity contribution in [3.05, 3.63) is 35.9 Å². The molecule has 2 unspecified atom stereocenters. The molecule has 0 radical (unpaired) electrons. The number of rotatable bonds is 6. The predicted octanol–water partition coefficient (Wildman–Crippen LogP) is 0.879. The normalized spacial score (nSPS) is 26.4. The van der Waals surface area contributed by atoms with E-state index in [1.54, 1.807) is 31.2 Å². The lowest BCUT2D eigenvalue weighted by molar-refractivity contribution is -0.140. The van der Waals surface area contributed by atoms with Gasteiger partial charge in [-0.15, -0.1) is 0 Å². The van der Waals surface area contributed by atoms with Crippen LogP contribution in [0.5, 0.6) is 0 Å². The van der Waals surface area contributed by atoms with Crippen molar-refractivity contribution in [2.24, 2.45) is 0 Å². The van der Waals surface area contributed by atoms with E-state index in [1.807, 2.05) is 13.0 Å². The van der Waals surface area contributed by atoms with Crippen LogP contribution in [-0.2, 0) is 25.0 Å². The average molecular weight is 407 g/mol. The van der Waals surface area contributed by atoms with Crippen molar-refractivity contribution in [3.8, 4) is 0 Å². The Bertz CT molecular complexity index is 886. The molecule has 8 nitrogen and oxygen atoms in total. The Morgan fingerprint density at radius 2 is 1.96 bits per heavy atom. The van der Waals surface area contributed by atoms with E-state index in [0.29, 0.717) is 24.9 Å². The topological polar surface area (TPSA) is 104 Å². The van der Waals surface area contributed by atoms with Crippen LogP contribution in [0.3, 0.4) is 0 Å². The number of carbonyl (C=O) groups is 3. The number of sulfone groups is 1. The molecule has 28 heavy (non-hydrogen) atoms. The Hall–Kier alpha value is -2.42. The number of urea groups is 1. The van der Waals surface area contributed by atoms with E-state index in [2.05, 4.69) is 5.32 Å². The lowest BCUT2D eigenvalue weighted by Crippen LogP contribution is -2.48. The molecule has 1 N–H and O–H groups in total. The Kier molecular flexibility index (Phi) is 5.47. The zero-order chi connectivity index (χ0) is 20.5. The van der Waals surface area contributed by atoms with Crippen LogP contribution >= 0.6 is 0 Å². The highest BCUT2D eigenvalue weighted by Gasteiger charge is 2.50. The van der Waals surface area contributed by atoms with Crippen molar-refractivity contribution in [2.75, 3.05) is 24.6 Å². The molecule has 0 aromatic heterocycles. The van der Waals surface area contributed by atoms with Gasteiger partial charge in [-0.05, 0) is 25.3 Å². The second-order valence-electron chi connectivity index (χ2n) is 7.46. The van der Waals surface area contributed by atoms with Crippen LogP contribution in [0.1, 0.15) is 32.3 Å². The van der Waals surface area contributed by atoms with Crippen molar-refractivity contribution < 1.29 is 22.8 Å². The van der Waals surface area contributed by atoms with Crippen molar-refractivity contribution in [2.45, 2.75) is 38.3 Å². The van der Waals surface area contributed by atoms with Crippen LogP contribution in [0.15, 0.2) is 30.3 Å². The lowest BCUT2D eigenvalue weighted by atomic mass is 9.92. The van der Waals surface area contributed by atoms with Crippen LogP contribution in [0.25, 0.3) is 0 Å². The third-order valence-electron chi connectivity index (χ3n) is 5.35. The van der Waals surface area contributed by atoms with E-state index in [0.717, 1.165) is 4.90 Å². The number of benzene rings is 1. The van der Waals surface area contributed by atoms with Crippen molar-refractivity contribution in [1.29, 1.82) is 0 Å². The van der Waals surface area contributed by atoms with Gasteiger partial charge in [-0.25, -0.2) is 13.2 Å². The summed E-state index contributed by atoms with van der Waals surface area (Å²) in [6.07, 6.45) is 1.04. The third-order valence-corrected chi connectivity index (χ3v) is 7.10. The highest BCUT2D eigenvalue weighted by atomic mass is 32.2. The van der Waals surface area contributed by atoms with E-state index < -0.39 is 45.8 Å². The molecule has 1 aromatic carbocycles. The number of nitrogens with one attached hydrogen (secondary N) is 1. The molecule has 152 valence electrons. The summed E-state index contributed by atoms with van der Waals surface area (Å²) in [5, 5.41) is 2.68. The molecule has 4 amide bonds. The molecule has 2 atom stereocenters. The molecular weight excluding hydrogens is 382 g/mol. The quantitative estimate of drug-likeness (QED) is 0.705. The van der Waals surface area contributed by atoms with Gasteiger partial charge in [-0.3, -0.25) is 14.5 Å². The van der Waals surface area contributed by atoms with Gasteiger partial charge in [0.1, 0.15) is 12.1 Å². The van der Waals surface area contributed by atoms with Gasteiger partial charge in [0.15, 0.2) is 9.84 Å². The summed E-state index contributed by atoms with van der Waals surface area (Å²) in [4.78, 5) is 40.7. The summed E-state index contributed by atoms with van der Waals surface area (Å²) < 4.78 is 23.6. The molecule has 3 rings (SSSR count). The largest absolute Gasteiger partial charge is 0.337 e. The molecular formula is C19H25N3O5S. The zero-order valence-corrected chi connectivity index (χ0v) is 16.9. The summed E-state index contributed by atoms with van der Waals surface area (Å²) in [6, 6.07) is 7.83. The van der Waals surface area contributed by atoms with Gasteiger partial charge in [0.2, 0.25) is 5.91 Å². The molecule has 2 fully saturated rings. The predicted molar refractivity (Wildman–Crippen MR) is 103 cm³/mol. The van der Waals surface area contributed by atoms with Gasteiger partial charge in [0.25, 0.3) is 5.91 Å². The van der Waals surface area contributed by atoms with Gasteiger partial charge in [-0.1, -0.05) is 37.3 Å². The highest BCUT2D eigenvalue weighted by molar-refractivity contribution is 7.91. The Balaban J connectivity index is 1.77. The van der Waals surface area contributed by atoms with Crippen LogP contribution in [0.4, 0.5) is 4.79 Å². The Labute approximate surface area is 164 Å². The SMILES string of the molecule is CCCN(C(=O)CN1C(=O)NC(C)(c2ccccc2)C1=O)C1CCS(=O)(=O)C1. The Morgan fingerprint density at radius 3 is 2.54 bits per heavy atom. The fraction of sp³-hybridized carbons (Fsp3) is 0.526. The minimum atomic E-state index is -3.15. The summed E-state index contributed by atoms with van der Waals surface area (Å²) in [6.45, 7) is 3.49. The summed E-state index contributed by atoms with van der Waals surface area (Å²) >= 11 is 0. The fourth-order valence-corrected chi connectivity index (χ4v) is 5.54. The van der Waals surface area contributed by atoms with Gasteiger partial charge < -0.3 is 10.2 Å². The van der Waals surface area contributed by atoms with E-state index in [9.17, 15) is 22.8 Å². The first-order valence-electron chi connectivity index (χ1n) is 9.37. The number of carbonyl (C=O) groups excluding carboxylic acids is 3. The van der Waals surface area contributed by atoms with E-state index in [4.69, 9.17) is 0 Å². The maximum absolute atomic E-state index is 13.0. The molecule has 0 spiro atoms. The van der Waals surface area contributed by atoms with Crippen molar-refractivity contribution in [1.82, 2.24) is 15.1 Å². The number of hydrogen-bond donors (Lipinski definition) is 1. The lowest BCUT2D eigenvalue weighted by Gasteiger charge is -2.29. The second-order valence-corrected chi connectivity index (χ2v) is 9.69. The second kappa shape index (κ2) is 7.54. The van der Waals surface area contributed by atoms with Crippen LogP contribution in [0, 0.1) is 0 Å². The highest BCUT2D eigenvalue weighted by Crippen LogP contribution is 2.29. The number of hydrogen-bond acceptors (Lipinski definition) is 5. The summed E-state index contributed by atoms with van der Waals surface area (Å²) in [7, 11) is -3.15. The van der Waals surface area contributed by atoms with E-state index >= 15 is 0 Å². The molecule has 0 aliphatic carbocycles. The van der Waals surface area contributed by atoms with Gasteiger partial charge in [0, 0.05) is 12.6 Å². The fourth-order valence-electron chi connectivity index (χ4n) is 3.81. The number of nitrogens with zero attached hydrogens (tertiary/aromatic N) is 2. The van der Waals surface area contributed by atoms with Crippen LogP contribution in [0.2, 0.25) is 0 Å². The van der Waals surface area contributed by atoms with Crippen molar-refractivity contribution in [3.63, 3.8) is 0 Å². The van der Waals surface area contributed by atoms with Gasteiger partial charge >= 0.3 is 6.03 Å². The molecule has 2 heterocycles. The van der Waals surface area contributed by atoms with E-state index in [-0.39, 0.29) is 11.5 Å². The minimum Gasteiger partial charge on any atom is -0.337 e. The van der Waals surface area contributed by atoms with Gasteiger partial charge in [0.05, 0.1) is 11.5 Å². The zero-order valence-electron chi connectivity index (χ0n) is 16.1. The molecule has 2 saturated heterocycles. The summed E-state index contributed by atoms with van der Waals surface area (Å²) in [5.41, 5.74) is -0.596. The average Bonchev–Trinajstić information content (AvgIpc) is 3.12. The maximum atomic E-state index is 13.0. The third kappa shape index (κ3) is 3.76. The maximum Gasteiger partial charge on any atom is 0.325 e. The molecule has 2 aliphatic rings. The van der Waals surface area contributed by atoms with Gasteiger partial charge in [-0.2, -0.15) is 0 Å². The first-order valence-corrected chi connectivity index (χ1v) is 11.2. The Morgan fingerprint density at radius 1 is 1.29 bits per heavy atom. The van der Waals surface area contributed by atoms with E-state index in [1.165, 1.54) is 4.90 Å².